The van der Waals surface area contributed by atoms with Gasteiger partial charge in [0, 0.05) is 6.42 Å². The summed E-state index contributed by atoms with van der Waals surface area (Å²) in [5.41, 5.74) is 4.08. The zero-order valence-electron chi connectivity index (χ0n) is 7.10. The van der Waals surface area contributed by atoms with Crippen molar-refractivity contribution < 1.29 is 9.59 Å². The van der Waals surface area contributed by atoms with Gasteiger partial charge in [-0.1, -0.05) is 6.92 Å². The lowest BCUT2D eigenvalue weighted by atomic mass is 10.1. The maximum Gasteiger partial charge on any atom is 0.242 e. The third kappa shape index (κ3) is 3.02. The molecule has 0 fully saturated rings. The third-order valence-electron chi connectivity index (χ3n) is 1.39. The fourth-order valence-corrected chi connectivity index (χ4v) is 0.499. The molecule has 0 aliphatic carbocycles. The summed E-state index contributed by atoms with van der Waals surface area (Å²) in [6, 6.07) is 0. The lowest BCUT2D eigenvalue weighted by Crippen LogP contribution is -2.52. The Balaban J connectivity index is 4.12. The molecule has 0 aromatic heterocycles. The summed E-state index contributed by atoms with van der Waals surface area (Å²) in [7, 11) is 0. The number of rotatable bonds is 3. The van der Waals surface area contributed by atoms with Crippen molar-refractivity contribution in [1.82, 2.24) is 5.32 Å². The summed E-state index contributed by atoms with van der Waals surface area (Å²) >= 11 is 0. The second-order valence-corrected chi connectivity index (χ2v) is 2.89. The molecule has 0 rings (SSSR count). The Bertz CT molecular complexity index is 175. The number of nitrogens with one attached hydrogen (secondary N) is 1. The molecule has 0 aromatic carbocycles. The van der Waals surface area contributed by atoms with Crippen molar-refractivity contribution >= 4 is 11.8 Å². The van der Waals surface area contributed by atoms with Crippen LogP contribution in [0.25, 0.3) is 0 Å². The zero-order valence-corrected chi connectivity index (χ0v) is 7.10. The first-order chi connectivity index (χ1) is 4.90. The standard InChI is InChI=1S/C7H14N2O2/c1-4-5(10)9-7(2,3)6(8)11/h4H2,1-3H3,(H2,8,11)(H,9,10). The van der Waals surface area contributed by atoms with Crippen LogP contribution in [0.1, 0.15) is 27.2 Å². The van der Waals surface area contributed by atoms with E-state index in [0.29, 0.717) is 6.42 Å². The number of primary amides is 1. The Morgan fingerprint density at radius 1 is 1.45 bits per heavy atom. The Labute approximate surface area is 66.1 Å². The second kappa shape index (κ2) is 3.37. The molecule has 0 unspecified atom stereocenters. The van der Waals surface area contributed by atoms with Crippen LogP contribution in [-0.2, 0) is 9.59 Å². The van der Waals surface area contributed by atoms with Crippen LogP contribution >= 0.6 is 0 Å². The average Bonchev–Trinajstić information content (AvgIpc) is 1.86. The van der Waals surface area contributed by atoms with Gasteiger partial charge in [0.15, 0.2) is 0 Å². The first-order valence-corrected chi connectivity index (χ1v) is 3.51. The van der Waals surface area contributed by atoms with E-state index >= 15 is 0 Å². The third-order valence-corrected chi connectivity index (χ3v) is 1.39. The van der Waals surface area contributed by atoms with Crippen molar-refractivity contribution in [3.05, 3.63) is 0 Å². The second-order valence-electron chi connectivity index (χ2n) is 2.89. The van der Waals surface area contributed by atoms with Crippen molar-refractivity contribution in [3.63, 3.8) is 0 Å². The van der Waals surface area contributed by atoms with Gasteiger partial charge in [0.05, 0.1) is 0 Å². The van der Waals surface area contributed by atoms with Crippen molar-refractivity contribution in [3.8, 4) is 0 Å². The average molecular weight is 158 g/mol. The maximum atomic E-state index is 10.8. The number of nitrogens with two attached hydrogens (primary N) is 1. The number of carbonyl (C=O) groups is 2. The van der Waals surface area contributed by atoms with Gasteiger partial charge < -0.3 is 11.1 Å². The van der Waals surface area contributed by atoms with Crippen LogP contribution in [0.5, 0.6) is 0 Å². The van der Waals surface area contributed by atoms with Gasteiger partial charge in [-0.25, -0.2) is 0 Å². The Kier molecular flexibility index (Phi) is 3.04. The van der Waals surface area contributed by atoms with Crippen LogP contribution in [0.15, 0.2) is 0 Å². The van der Waals surface area contributed by atoms with Gasteiger partial charge in [-0.3, -0.25) is 9.59 Å². The summed E-state index contributed by atoms with van der Waals surface area (Å²) in [4.78, 5) is 21.5. The van der Waals surface area contributed by atoms with E-state index in [1.54, 1.807) is 20.8 Å². The van der Waals surface area contributed by atoms with Gasteiger partial charge in [0.25, 0.3) is 0 Å². The minimum atomic E-state index is -0.937. The van der Waals surface area contributed by atoms with Crippen LogP contribution in [0.4, 0.5) is 0 Å². The Hall–Kier alpha value is -1.06. The molecule has 4 heteroatoms. The summed E-state index contributed by atoms with van der Waals surface area (Å²) < 4.78 is 0. The lowest BCUT2D eigenvalue weighted by Gasteiger charge is -2.21. The van der Waals surface area contributed by atoms with E-state index in [1.165, 1.54) is 0 Å². The molecule has 4 nitrogen and oxygen atoms in total. The Morgan fingerprint density at radius 3 is 2.18 bits per heavy atom. The molecule has 0 aromatic rings. The molecule has 3 N–H and O–H groups in total. The smallest absolute Gasteiger partial charge is 0.242 e. The first-order valence-electron chi connectivity index (χ1n) is 3.51. The minimum Gasteiger partial charge on any atom is -0.368 e. The molecule has 0 aliphatic heterocycles. The predicted molar refractivity (Wildman–Crippen MR) is 41.7 cm³/mol. The van der Waals surface area contributed by atoms with Crippen LogP contribution in [-0.4, -0.2) is 17.4 Å². The highest BCUT2D eigenvalue weighted by Crippen LogP contribution is 1.99. The molecular weight excluding hydrogens is 144 g/mol. The van der Waals surface area contributed by atoms with Gasteiger partial charge in [0.2, 0.25) is 11.8 Å². The largest absolute Gasteiger partial charge is 0.368 e. The summed E-state index contributed by atoms with van der Waals surface area (Å²) in [6.07, 6.45) is 0.358. The Morgan fingerprint density at radius 2 is 1.91 bits per heavy atom. The molecule has 0 saturated heterocycles. The van der Waals surface area contributed by atoms with Crippen molar-refractivity contribution in [2.24, 2.45) is 5.73 Å². The van der Waals surface area contributed by atoms with Crippen LogP contribution < -0.4 is 11.1 Å². The quantitative estimate of drug-likeness (QED) is 0.595. The SMILES string of the molecule is CCC(=O)NC(C)(C)C(N)=O. The fourth-order valence-electron chi connectivity index (χ4n) is 0.499. The molecule has 0 heterocycles. The molecule has 0 bridgehead atoms. The monoisotopic (exact) mass is 158 g/mol. The van der Waals surface area contributed by atoms with Crippen LogP contribution in [0, 0.1) is 0 Å². The van der Waals surface area contributed by atoms with Crippen LogP contribution in [0.2, 0.25) is 0 Å². The van der Waals surface area contributed by atoms with Gasteiger partial charge in [-0.15, -0.1) is 0 Å². The predicted octanol–water partition coefficient (Wildman–Crippen LogP) is -0.223. The summed E-state index contributed by atoms with van der Waals surface area (Å²) in [5.74, 6) is -0.701. The maximum absolute atomic E-state index is 10.8. The van der Waals surface area contributed by atoms with E-state index in [1.807, 2.05) is 0 Å². The van der Waals surface area contributed by atoms with Crippen LogP contribution in [0.3, 0.4) is 0 Å². The summed E-state index contributed by atoms with van der Waals surface area (Å²) in [5, 5.41) is 2.49. The number of carbonyl (C=O) groups excluding carboxylic acids is 2. The zero-order chi connectivity index (χ0) is 9.07. The number of hydrogen-bond acceptors (Lipinski definition) is 2. The highest BCUT2D eigenvalue weighted by Gasteiger charge is 2.25. The molecule has 2 amide bonds. The number of amides is 2. The normalized spacial score (nSPS) is 10.8. The van der Waals surface area contributed by atoms with E-state index in [-0.39, 0.29) is 5.91 Å². The molecular formula is C7H14N2O2. The van der Waals surface area contributed by atoms with Crippen molar-refractivity contribution in [2.45, 2.75) is 32.7 Å². The van der Waals surface area contributed by atoms with Crippen molar-refractivity contribution in [2.75, 3.05) is 0 Å². The van der Waals surface area contributed by atoms with E-state index in [4.69, 9.17) is 5.73 Å². The van der Waals surface area contributed by atoms with E-state index in [9.17, 15) is 9.59 Å². The highest BCUT2D eigenvalue weighted by molar-refractivity contribution is 5.89. The van der Waals surface area contributed by atoms with Gasteiger partial charge in [0.1, 0.15) is 5.54 Å². The summed E-state index contributed by atoms with van der Waals surface area (Å²) in [6.45, 7) is 4.86. The lowest BCUT2D eigenvalue weighted by molar-refractivity contribution is -0.130. The van der Waals surface area contributed by atoms with Gasteiger partial charge in [-0.05, 0) is 13.8 Å². The molecule has 0 radical (unpaired) electrons. The molecule has 0 atom stereocenters. The molecule has 0 saturated carbocycles. The minimum absolute atomic E-state index is 0.172. The van der Waals surface area contributed by atoms with Gasteiger partial charge in [-0.2, -0.15) is 0 Å². The highest BCUT2D eigenvalue weighted by atomic mass is 16.2. The fraction of sp³-hybridized carbons (Fsp3) is 0.714. The molecule has 0 spiro atoms. The van der Waals surface area contributed by atoms with Gasteiger partial charge >= 0.3 is 0 Å². The first kappa shape index (κ1) is 9.94. The molecule has 0 aliphatic rings. The number of hydrogen-bond donors (Lipinski definition) is 2. The topological polar surface area (TPSA) is 72.2 Å². The van der Waals surface area contributed by atoms with Crippen molar-refractivity contribution in [1.29, 1.82) is 0 Å². The van der Waals surface area contributed by atoms with E-state index < -0.39 is 11.4 Å². The van der Waals surface area contributed by atoms with E-state index in [0.717, 1.165) is 0 Å². The molecule has 64 valence electrons. The molecule has 11 heavy (non-hydrogen) atoms. The van der Waals surface area contributed by atoms with E-state index in [2.05, 4.69) is 5.32 Å².